The molecule has 4 aliphatic rings. The molecule has 0 heterocycles. The Labute approximate surface area is 408 Å². The minimum atomic E-state index is -1.00. The number of aliphatic carboxylic acids is 1. The Hall–Kier alpha value is -3.46. The average Bonchev–Trinajstić information content (AvgIpc) is 3.56. The Bertz CT molecular complexity index is 1750. The fourth-order valence-corrected chi connectivity index (χ4v) is 13.2. The highest BCUT2D eigenvalue weighted by Gasteiger charge is 2.66. The Kier molecular flexibility index (Phi) is 19.9. The molecule has 0 radical (unpaired) electrons. The van der Waals surface area contributed by atoms with Crippen LogP contribution in [-0.4, -0.2) is 99.0 Å². The molecule has 4 saturated carbocycles. The van der Waals surface area contributed by atoms with E-state index in [1.807, 2.05) is 55.4 Å². The summed E-state index contributed by atoms with van der Waals surface area (Å²) >= 11 is 0. The van der Waals surface area contributed by atoms with Crippen molar-refractivity contribution in [3.05, 3.63) is 0 Å². The number of aliphatic hydroxyl groups excluding tert-OH is 2. The summed E-state index contributed by atoms with van der Waals surface area (Å²) in [6.07, 6.45) is 5.42. The summed E-state index contributed by atoms with van der Waals surface area (Å²) in [4.78, 5) is 80.5. The first-order chi connectivity index (χ1) is 31.5. The summed E-state index contributed by atoms with van der Waals surface area (Å²) in [5.41, 5.74) is -1.29. The van der Waals surface area contributed by atoms with Crippen LogP contribution in [0, 0.1) is 70.0 Å². The number of carboxylic acid groups (broad SMARTS) is 1. The topological polar surface area (TPSA) is 232 Å². The smallest absolute Gasteiger partial charge is 0.408 e. The molecule has 4 rings (SSSR count). The van der Waals surface area contributed by atoms with Gasteiger partial charge in [0.15, 0.2) is 0 Å². The van der Waals surface area contributed by atoms with Crippen molar-refractivity contribution in [1.82, 2.24) is 26.6 Å². The van der Waals surface area contributed by atoms with E-state index in [1.54, 1.807) is 20.8 Å². The summed E-state index contributed by atoms with van der Waals surface area (Å²) in [6, 6.07) is -4.00. The lowest BCUT2D eigenvalue weighted by Crippen LogP contribution is -2.63. The zero-order valence-corrected chi connectivity index (χ0v) is 44.2. The van der Waals surface area contributed by atoms with Crippen molar-refractivity contribution in [3.8, 4) is 0 Å². The SMILES string of the molecule is CC(C)C[C@H](NC(=O)OC(C)(C)C)C(=O)N[C@@H](CC(C)C)C(=O)N[C@@H](CC(C)C)C(=O)N[C@@H](CC(C)C)C(=O)N[C@H]1CC[C@]2(C)C3C[C@H](O)[C@@]4(C)C(CC[C@@H]4[C@H](C)CCC(=O)O)C3[C@H](O)C[C@@H]2C1. The lowest BCUT2D eigenvalue weighted by Gasteiger charge is -2.63. The van der Waals surface area contributed by atoms with Crippen molar-refractivity contribution < 1.29 is 48.8 Å². The van der Waals surface area contributed by atoms with Crippen molar-refractivity contribution in [2.45, 2.75) is 228 Å². The number of hydrogen-bond donors (Lipinski definition) is 8. The number of carbonyl (C=O) groups excluding carboxylic acids is 5. The number of ether oxygens (including phenoxy) is 1. The normalized spacial score (nSPS) is 31.4. The Morgan fingerprint density at radius 1 is 0.632 bits per heavy atom. The van der Waals surface area contributed by atoms with E-state index in [1.165, 1.54) is 0 Å². The monoisotopic (exact) mass is 960 g/mol. The zero-order chi connectivity index (χ0) is 51.2. The number of hydrogen-bond acceptors (Lipinski definition) is 9. The molecule has 0 aromatic heterocycles. The highest BCUT2D eigenvalue weighted by molar-refractivity contribution is 5.95. The van der Waals surface area contributed by atoms with Gasteiger partial charge in [0.1, 0.15) is 29.8 Å². The molecule has 390 valence electrons. The number of rotatable bonds is 21. The third-order valence-electron chi connectivity index (χ3n) is 16.4. The summed E-state index contributed by atoms with van der Waals surface area (Å²) in [7, 11) is 0. The number of carboxylic acids is 1. The van der Waals surface area contributed by atoms with Crippen LogP contribution in [0.4, 0.5) is 4.79 Å². The van der Waals surface area contributed by atoms with E-state index >= 15 is 0 Å². The van der Waals surface area contributed by atoms with Gasteiger partial charge < -0.3 is 46.6 Å². The number of nitrogens with one attached hydrogen (secondary N) is 5. The summed E-state index contributed by atoms with van der Waals surface area (Å²) in [5, 5.41) is 48.2. The summed E-state index contributed by atoms with van der Waals surface area (Å²) < 4.78 is 5.42. The molecule has 0 aromatic rings. The number of fused-ring (bicyclic) bond motifs is 5. The van der Waals surface area contributed by atoms with Crippen LogP contribution in [0.3, 0.4) is 0 Å². The second-order valence-electron chi connectivity index (χ2n) is 24.9. The third kappa shape index (κ3) is 14.6. The van der Waals surface area contributed by atoms with E-state index in [0.29, 0.717) is 44.9 Å². The summed E-state index contributed by atoms with van der Waals surface area (Å²) in [6.45, 7) is 27.4. The minimum Gasteiger partial charge on any atom is -0.481 e. The maximum atomic E-state index is 14.3. The third-order valence-corrected chi connectivity index (χ3v) is 16.4. The van der Waals surface area contributed by atoms with Crippen LogP contribution < -0.4 is 26.6 Å². The lowest BCUT2D eigenvalue weighted by atomic mass is 9.43. The molecular weight excluding hydrogens is 867 g/mol. The molecule has 15 heteroatoms. The molecule has 4 fully saturated rings. The molecule has 68 heavy (non-hydrogen) atoms. The van der Waals surface area contributed by atoms with E-state index in [2.05, 4.69) is 47.4 Å². The van der Waals surface area contributed by atoms with E-state index in [-0.39, 0.29) is 94.8 Å². The van der Waals surface area contributed by atoms with Gasteiger partial charge in [-0.15, -0.1) is 0 Å². The molecule has 0 aromatic carbocycles. The van der Waals surface area contributed by atoms with Crippen molar-refractivity contribution >= 4 is 35.7 Å². The molecule has 0 aliphatic heterocycles. The van der Waals surface area contributed by atoms with E-state index in [0.717, 1.165) is 25.7 Å². The highest BCUT2D eigenvalue weighted by Crippen LogP contribution is 2.68. The molecule has 0 saturated heterocycles. The first kappa shape index (κ1) is 57.1. The van der Waals surface area contributed by atoms with Crippen LogP contribution in [0.25, 0.3) is 0 Å². The van der Waals surface area contributed by atoms with Crippen LogP contribution in [0.2, 0.25) is 0 Å². The number of amides is 5. The molecule has 15 nitrogen and oxygen atoms in total. The van der Waals surface area contributed by atoms with Gasteiger partial charge in [0.2, 0.25) is 23.6 Å². The standard InChI is InChI=1S/C53H93N5O10/c1-28(2)21-38(55-47(64)39(22-29(3)4)56-48(65)40(23-30(5)6)57-49(66)41(24-31(7)8)58-50(67)68-51(10,11)12)46(63)54-34-19-20-52(13)33(25-34)26-42(59)45-36-17-16-35(32(9)15-18-44(61)62)53(36,14)43(60)27-37(45)52/h28-43,45,59-60H,15-27H2,1-14H3,(H,54,63)(H,55,64)(H,56,65)(H,57,66)(H,58,67)(H,61,62)/t32-,33+,34+,35-,36?,37?,38+,39+,40+,41+,42-,43+,45?,52+,53-/m1/s1. The van der Waals surface area contributed by atoms with Gasteiger partial charge >= 0.3 is 12.1 Å². The van der Waals surface area contributed by atoms with E-state index < -0.39 is 71.8 Å². The molecule has 4 aliphatic carbocycles. The van der Waals surface area contributed by atoms with Crippen LogP contribution in [-0.2, 0) is 28.7 Å². The molecule has 5 amide bonds. The van der Waals surface area contributed by atoms with Crippen molar-refractivity contribution in [3.63, 3.8) is 0 Å². The van der Waals surface area contributed by atoms with Gasteiger partial charge in [-0.25, -0.2) is 4.79 Å². The Balaban J connectivity index is 1.45. The summed E-state index contributed by atoms with van der Waals surface area (Å²) in [5.74, 6) is -1.74. The number of aliphatic hydroxyl groups is 2. The van der Waals surface area contributed by atoms with Crippen LogP contribution in [0.1, 0.15) is 180 Å². The van der Waals surface area contributed by atoms with Gasteiger partial charge in [-0.2, -0.15) is 0 Å². The first-order valence-corrected chi connectivity index (χ1v) is 26.2. The van der Waals surface area contributed by atoms with Crippen LogP contribution >= 0.6 is 0 Å². The second kappa shape index (κ2) is 23.6. The zero-order valence-electron chi connectivity index (χ0n) is 44.2. The van der Waals surface area contributed by atoms with Gasteiger partial charge in [0, 0.05) is 12.5 Å². The molecule has 15 atom stereocenters. The van der Waals surface area contributed by atoms with Gasteiger partial charge in [-0.3, -0.25) is 24.0 Å². The van der Waals surface area contributed by atoms with Gasteiger partial charge in [-0.05, 0) is 168 Å². The maximum absolute atomic E-state index is 14.3. The molecular formula is C53H93N5O10. The molecule has 0 bridgehead atoms. The predicted octanol–water partition coefficient (Wildman–Crippen LogP) is 7.10. The Morgan fingerprint density at radius 2 is 1.10 bits per heavy atom. The van der Waals surface area contributed by atoms with E-state index in [9.17, 15) is 44.1 Å². The lowest BCUT2D eigenvalue weighted by molar-refractivity contribution is -0.202. The van der Waals surface area contributed by atoms with Crippen molar-refractivity contribution in [2.75, 3.05) is 0 Å². The predicted molar refractivity (Wildman–Crippen MR) is 263 cm³/mol. The van der Waals surface area contributed by atoms with Gasteiger partial charge in [0.05, 0.1) is 12.2 Å². The van der Waals surface area contributed by atoms with Crippen LogP contribution in [0.15, 0.2) is 0 Å². The van der Waals surface area contributed by atoms with Gasteiger partial charge in [0.25, 0.3) is 0 Å². The fourth-order valence-electron chi connectivity index (χ4n) is 13.2. The molecule has 0 spiro atoms. The second-order valence-corrected chi connectivity index (χ2v) is 24.9. The number of alkyl carbamates (subject to hydrolysis) is 1. The average molecular weight is 960 g/mol. The Morgan fingerprint density at radius 3 is 1.56 bits per heavy atom. The minimum absolute atomic E-state index is 0.00139. The molecule has 8 N–H and O–H groups in total. The van der Waals surface area contributed by atoms with Gasteiger partial charge in [-0.1, -0.05) is 76.2 Å². The quantitative estimate of drug-likeness (QED) is 0.0581. The van der Waals surface area contributed by atoms with Crippen LogP contribution in [0.5, 0.6) is 0 Å². The van der Waals surface area contributed by atoms with Crippen molar-refractivity contribution in [1.29, 1.82) is 0 Å². The largest absolute Gasteiger partial charge is 0.481 e. The highest BCUT2D eigenvalue weighted by atomic mass is 16.6. The molecule has 3 unspecified atom stereocenters. The fraction of sp³-hybridized carbons (Fsp3) is 0.887. The van der Waals surface area contributed by atoms with E-state index in [4.69, 9.17) is 4.74 Å². The maximum Gasteiger partial charge on any atom is 0.408 e. The van der Waals surface area contributed by atoms with Crippen molar-refractivity contribution in [2.24, 2.45) is 70.0 Å². The first-order valence-electron chi connectivity index (χ1n) is 26.2. The number of carbonyl (C=O) groups is 6.